The van der Waals surface area contributed by atoms with E-state index in [-0.39, 0.29) is 0 Å². The van der Waals surface area contributed by atoms with Crippen LogP contribution in [0.25, 0.3) is 142 Å². The van der Waals surface area contributed by atoms with E-state index in [0.717, 1.165) is 56.4 Å². The Morgan fingerprint density at radius 3 is 0.833 bits per heavy atom. The molecule has 96 heavy (non-hydrogen) atoms. The minimum absolute atomic E-state index is 1.07. The molecule has 0 aliphatic carbocycles. The third-order valence-corrected chi connectivity index (χ3v) is 19.5. The number of benzene rings is 18. The Hall–Kier alpha value is -12.6. The fourth-order valence-corrected chi connectivity index (χ4v) is 15.3. The van der Waals surface area contributed by atoms with Crippen molar-refractivity contribution in [2.24, 2.45) is 0 Å². The van der Waals surface area contributed by atoms with Gasteiger partial charge in [-0.2, -0.15) is 0 Å². The van der Waals surface area contributed by atoms with Crippen LogP contribution in [-0.2, 0) is 0 Å². The SMILES string of the molecule is c1ccc(-c2c3ccccc3c(-c3ccccc3)c3c(-c4ccccc4)c4cc(-c5ccc6c(N(c7ccccc7)c7ccc(-c8ccc(N(c9ccccc9)c9cc%10ccccc%10c%10ccccc9%10)cc8)cc7)cc7ccccc7c6c5)ccc4c(-c4ccccc4)c23)cc1. The van der Waals surface area contributed by atoms with Crippen LogP contribution in [0, 0.1) is 0 Å². The monoisotopic (exact) mass is 1220 g/mol. The Morgan fingerprint density at radius 1 is 0.146 bits per heavy atom. The van der Waals surface area contributed by atoms with E-state index in [9.17, 15) is 0 Å². The van der Waals surface area contributed by atoms with Crippen LogP contribution >= 0.6 is 0 Å². The van der Waals surface area contributed by atoms with Crippen molar-refractivity contribution in [3.05, 3.63) is 376 Å². The second-order valence-corrected chi connectivity index (χ2v) is 25.0. The summed E-state index contributed by atoms with van der Waals surface area (Å²) in [7, 11) is 0. The smallest absolute Gasteiger partial charge is 0.0546 e. The van der Waals surface area contributed by atoms with Gasteiger partial charge in [0.05, 0.1) is 11.4 Å². The van der Waals surface area contributed by atoms with E-state index in [1.165, 1.54) is 120 Å². The van der Waals surface area contributed by atoms with Crippen LogP contribution in [0.4, 0.5) is 34.1 Å². The summed E-state index contributed by atoms with van der Waals surface area (Å²) in [5.41, 5.74) is 20.9. The van der Waals surface area contributed by atoms with Crippen molar-refractivity contribution < 1.29 is 0 Å². The van der Waals surface area contributed by atoms with Crippen LogP contribution in [0.5, 0.6) is 0 Å². The Labute approximate surface area is 558 Å². The summed E-state index contributed by atoms with van der Waals surface area (Å²) in [6.07, 6.45) is 0. The summed E-state index contributed by atoms with van der Waals surface area (Å²) < 4.78 is 0. The lowest BCUT2D eigenvalue weighted by Gasteiger charge is -2.28. The average Bonchev–Trinajstić information content (AvgIpc) is 0.703. The highest BCUT2D eigenvalue weighted by Gasteiger charge is 2.27. The highest BCUT2D eigenvalue weighted by molar-refractivity contribution is 6.34. The van der Waals surface area contributed by atoms with Crippen LogP contribution in [-0.4, -0.2) is 0 Å². The molecule has 2 nitrogen and oxygen atoms in total. The summed E-state index contributed by atoms with van der Waals surface area (Å²) in [6, 6.07) is 139. The quantitative estimate of drug-likeness (QED) is 0.0889. The predicted molar refractivity (Wildman–Crippen MR) is 411 cm³/mol. The third kappa shape index (κ3) is 9.65. The normalized spacial score (nSPS) is 11.5. The Kier molecular flexibility index (Phi) is 13.9. The maximum atomic E-state index is 2.49. The zero-order chi connectivity index (χ0) is 63.5. The molecule has 18 aromatic rings. The molecule has 0 aromatic heterocycles. The highest BCUT2D eigenvalue weighted by Crippen LogP contribution is 2.55. The first-order valence-electron chi connectivity index (χ1n) is 33.1. The predicted octanol–water partition coefficient (Wildman–Crippen LogP) is 26.7. The van der Waals surface area contributed by atoms with Crippen molar-refractivity contribution in [3.63, 3.8) is 0 Å². The van der Waals surface area contributed by atoms with Crippen molar-refractivity contribution in [1.29, 1.82) is 0 Å². The van der Waals surface area contributed by atoms with Gasteiger partial charge in [-0.15, -0.1) is 0 Å². The molecular formula is C94H62N2. The Balaban J connectivity index is 0.794. The second kappa shape index (κ2) is 23.8. The van der Waals surface area contributed by atoms with Gasteiger partial charge in [0.15, 0.2) is 0 Å². The Morgan fingerprint density at radius 2 is 0.417 bits per heavy atom. The summed E-state index contributed by atoms with van der Waals surface area (Å²) in [5, 5.41) is 17.0. The van der Waals surface area contributed by atoms with Crippen molar-refractivity contribution in [2.45, 2.75) is 0 Å². The van der Waals surface area contributed by atoms with Gasteiger partial charge < -0.3 is 9.80 Å². The van der Waals surface area contributed by atoms with E-state index in [0.29, 0.717) is 0 Å². The molecule has 0 unspecified atom stereocenters. The van der Waals surface area contributed by atoms with Gasteiger partial charge in [0.25, 0.3) is 0 Å². The van der Waals surface area contributed by atoms with E-state index in [1.807, 2.05) is 0 Å². The molecular weight excluding hydrogens is 1160 g/mol. The number of fused-ring (bicyclic) bond motifs is 9. The molecule has 0 spiro atoms. The lowest BCUT2D eigenvalue weighted by atomic mass is 9.77. The molecule has 0 N–H and O–H groups in total. The van der Waals surface area contributed by atoms with Gasteiger partial charge in [0.2, 0.25) is 0 Å². The standard InChI is InChI=1S/C94H62N2/c1-7-27-65(28-8-1)89-82-45-25-26-46-83(82)90(66-29-9-2-10-30-66)94-92(68-33-13-4-14-34-68)86-60-70(52-58-84(86)91(93(89)94)67-31-11-3-12-32-67)69-51-57-81-85(59-69)78-42-22-20-36-72(78)62-88(81)96(74-39-17-6-18-40-74)76-55-49-64(50-56-76)63-47-53-75(54-48-63)95(73-37-15-5-16-38-73)87-61-71-35-19-21-41-77(71)79-43-23-24-44-80(79)87/h1-62H. The van der Waals surface area contributed by atoms with Gasteiger partial charge in [-0.25, -0.2) is 0 Å². The first kappa shape index (κ1) is 56.2. The first-order chi connectivity index (χ1) is 47.7. The molecule has 0 amide bonds. The van der Waals surface area contributed by atoms with Crippen LogP contribution in [0.2, 0.25) is 0 Å². The second-order valence-electron chi connectivity index (χ2n) is 25.0. The number of hydrogen-bond donors (Lipinski definition) is 0. The number of rotatable bonds is 12. The number of nitrogens with zero attached hydrogens (tertiary/aromatic N) is 2. The number of hydrogen-bond acceptors (Lipinski definition) is 2. The molecule has 0 bridgehead atoms. The van der Waals surface area contributed by atoms with E-state index >= 15 is 0 Å². The van der Waals surface area contributed by atoms with Crippen molar-refractivity contribution in [2.75, 3.05) is 9.80 Å². The minimum Gasteiger partial charge on any atom is -0.310 e. The van der Waals surface area contributed by atoms with E-state index in [4.69, 9.17) is 0 Å². The lowest BCUT2D eigenvalue weighted by molar-refractivity contribution is 1.30. The van der Waals surface area contributed by atoms with Gasteiger partial charge >= 0.3 is 0 Å². The summed E-state index contributed by atoms with van der Waals surface area (Å²) in [6.45, 7) is 0. The maximum absolute atomic E-state index is 2.49. The fraction of sp³-hybridized carbons (Fsp3) is 0. The molecule has 0 atom stereocenters. The van der Waals surface area contributed by atoms with Crippen LogP contribution in [0.15, 0.2) is 376 Å². The minimum atomic E-state index is 1.07. The molecule has 18 rings (SSSR count). The average molecular weight is 1220 g/mol. The summed E-state index contributed by atoms with van der Waals surface area (Å²) in [4.78, 5) is 4.83. The van der Waals surface area contributed by atoms with Crippen molar-refractivity contribution >= 4 is 110 Å². The molecule has 0 saturated carbocycles. The van der Waals surface area contributed by atoms with Gasteiger partial charge in [-0.1, -0.05) is 303 Å². The molecule has 0 fully saturated rings. The molecule has 0 saturated heterocycles. The van der Waals surface area contributed by atoms with Gasteiger partial charge in [-0.05, 0) is 204 Å². The summed E-state index contributed by atoms with van der Waals surface area (Å²) in [5.74, 6) is 0. The Bertz CT molecular complexity index is 5960. The zero-order valence-electron chi connectivity index (χ0n) is 52.7. The lowest BCUT2D eigenvalue weighted by Crippen LogP contribution is -2.11. The highest BCUT2D eigenvalue weighted by atomic mass is 15.1. The number of para-hydroxylation sites is 2. The molecule has 0 radical (unpaired) electrons. The van der Waals surface area contributed by atoms with E-state index in [2.05, 4.69) is 386 Å². The van der Waals surface area contributed by atoms with Gasteiger partial charge in [0, 0.05) is 33.5 Å². The van der Waals surface area contributed by atoms with Crippen LogP contribution in [0.3, 0.4) is 0 Å². The third-order valence-electron chi connectivity index (χ3n) is 19.5. The summed E-state index contributed by atoms with van der Waals surface area (Å²) >= 11 is 0. The van der Waals surface area contributed by atoms with E-state index < -0.39 is 0 Å². The van der Waals surface area contributed by atoms with Crippen molar-refractivity contribution in [1.82, 2.24) is 0 Å². The molecule has 18 aromatic carbocycles. The molecule has 0 aliphatic heterocycles. The molecule has 448 valence electrons. The molecule has 0 heterocycles. The number of anilines is 6. The van der Waals surface area contributed by atoms with Gasteiger partial charge in [-0.3, -0.25) is 0 Å². The largest absolute Gasteiger partial charge is 0.310 e. The van der Waals surface area contributed by atoms with Crippen LogP contribution < -0.4 is 9.80 Å². The molecule has 2 heteroatoms. The first-order valence-corrected chi connectivity index (χ1v) is 33.1. The van der Waals surface area contributed by atoms with Gasteiger partial charge in [0.1, 0.15) is 0 Å². The van der Waals surface area contributed by atoms with Crippen LogP contribution in [0.1, 0.15) is 0 Å². The fourth-order valence-electron chi connectivity index (χ4n) is 15.3. The zero-order valence-corrected chi connectivity index (χ0v) is 52.7. The van der Waals surface area contributed by atoms with E-state index in [1.54, 1.807) is 0 Å². The topological polar surface area (TPSA) is 6.48 Å². The maximum Gasteiger partial charge on any atom is 0.0546 e. The van der Waals surface area contributed by atoms with Crippen molar-refractivity contribution in [3.8, 4) is 66.8 Å². The molecule has 0 aliphatic rings.